The average molecular weight is 287 g/mol. The minimum Gasteiger partial charge on any atom is -0.493 e. The van der Waals surface area contributed by atoms with Gasteiger partial charge in [0.05, 0.1) is 25.3 Å². The highest BCUT2D eigenvalue weighted by Gasteiger charge is 2.25. The molecule has 112 valence electrons. The highest BCUT2D eigenvalue weighted by Crippen LogP contribution is 2.36. The van der Waals surface area contributed by atoms with Crippen molar-refractivity contribution in [2.75, 3.05) is 14.2 Å². The van der Waals surface area contributed by atoms with Crippen molar-refractivity contribution in [1.29, 1.82) is 0 Å². The normalized spacial score (nSPS) is 14.2. The zero-order valence-electron chi connectivity index (χ0n) is 12.5. The molecule has 0 atom stereocenters. The molecule has 3 rings (SSSR count). The highest BCUT2D eigenvalue weighted by atomic mass is 16.5. The smallest absolute Gasteiger partial charge is 0.161 e. The van der Waals surface area contributed by atoms with Crippen molar-refractivity contribution in [2.24, 2.45) is 0 Å². The minimum atomic E-state index is 0.512. The van der Waals surface area contributed by atoms with Gasteiger partial charge in [0.1, 0.15) is 6.61 Å². The van der Waals surface area contributed by atoms with Gasteiger partial charge >= 0.3 is 0 Å². The lowest BCUT2D eigenvalue weighted by Crippen LogP contribution is -2.06. The summed E-state index contributed by atoms with van der Waals surface area (Å²) in [6.45, 7) is 1.32. The SMILES string of the molecule is CNCc1ccc(OCc2cncn2C2CC2)c(OC)c1. The van der Waals surface area contributed by atoms with Crippen molar-refractivity contribution in [1.82, 2.24) is 14.9 Å². The number of benzene rings is 1. The molecule has 0 saturated heterocycles. The third-order valence-electron chi connectivity index (χ3n) is 3.67. The summed E-state index contributed by atoms with van der Waals surface area (Å²) < 4.78 is 13.5. The van der Waals surface area contributed by atoms with Gasteiger partial charge in [-0.3, -0.25) is 0 Å². The lowest BCUT2D eigenvalue weighted by molar-refractivity contribution is 0.275. The molecule has 1 aliphatic carbocycles. The Balaban J connectivity index is 1.70. The summed E-state index contributed by atoms with van der Waals surface area (Å²) in [5.74, 6) is 1.53. The van der Waals surface area contributed by atoms with E-state index in [0.29, 0.717) is 12.6 Å². The van der Waals surface area contributed by atoms with E-state index in [0.717, 1.165) is 23.7 Å². The van der Waals surface area contributed by atoms with Gasteiger partial charge in [0, 0.05) is 12.6 Å². The number of ether oxygens (including phenoxy) is 2. The molecule has 1 fully saturated rings. The van der Waals surface area contributed by atoms with Crippen LogP contribution in [0.15, 0.2) is 30.7 Å². The van der Waals surface area contributed by atoms with Gasteiger partial charge in [-0.2, -0.15) is 0 Å². The molecule has 1 saturated carbocycles. The Morgan fingerprint density at radius 2 is 2.19 bits per heavy atom. The second-order valence-electron chi connectivity index (χ2n) is 5.33. The second kappa shape index (κ2) is 6.18. The maximum atomic E-state index is 5.92. The molecule has 1 aromatic carbocycles. The van der Waals surface area contributed by atoms with Crippen LogP contribution < -0.4 is 14.8 Å². The van der Waals surface area contributed by atoms with E-state index in [2.05, 4.69) is 14.9 Å². The summed E-state index contributed by atoms with van der Waals surface area (Å²) in [5, 5.41) is 3.13. The molecule has 1 aliphatic rings. The van der Waals surface area contributed by atoms with E-state index in [1.807, 2.05) is 37.8 Å². The zero-order chi connectivity index (χ0) is 14.7. The number of hydrogen-bond donors (Lipinski definition) is 1. The molecule has 0 bridgehead atoms. The van der Waals surface area contributed by atoms with Gasteiger partial charge in [-0.1, -0.05) is 6.07 Å². The Hall–Kier alpha value is -2.01. The van der Waals surface area contributed by atoms with Crippen molar-refractivity contribution in [2.45, 2.75) is 32.0 Å². The van der Waals surface area contributed by atoms with Gasteiger partial charge < -0.3 is 19.4 Å². The van der Waals surface area contributed by atoms with E-state index in [-0.39, 0.29) is 0 Å². The predicted molar refractivity (Wildman–Crippen MR) is 80.6 cm³/mol. The molecule has 0 aliphatic heterocycles. The quantitative estimate of drug-likeness (QED) is 0.850. The van der Waals surface area contributed by atoms with Crippen LogP contribution in [0.2, 0.25) is 0 Å². The summed E-state index contributed by atoms with van der Waals surface area (Å²) in [5.41, 5.74) is 2.28. The number of imidazole rings is 1. The van der Waals surface area contributed by atoms with Gasteiger partial charge in [-0.05, 0) is 37.6 Å². The number of methoxy groups -OCH3 is 1. The van der Waals surface area contributed by atoms with E-state index in [1.54, 1.807) is 7.11 Å². The lowest BCUT2D eigenvalue weighted by Gasteiger charge is -2.13. The molecule has 0 spiro atoms. The second-order valence-corrected chi connectivity index (χ2v) is 5.33. The molecule has 5 nitrogen and oxygen atoms in total. The van der Waals surface area contributed by atoms with Crippen LogP contribution >= 0.6 is 0 Å². The fraction of sp³-hybridized carbons (Fsp3) is 0.438. The lowest BCUT2D eigenvalue weighted by atomic mass is 10.2. The van der Waals surface area contributed by atoms with Gasteiger partial charge in [-0.15, -0.1) is 0 Å². The van der Waals surface area contributed by atoms with Crippen LogP contribution in [0.4, 0.5) is 0 Å². The molecule has 0 radical (unpaired) electrons. The maximum Gasteiger partial charge on any atom is 0.161 e. The molecular weight excluding hydrogens is 266 g/mol. The van der Waals surface area contributed by atoms with Crippen molar-refractivity contribution in [3.8, 4) is 11.5 Å². The molecule has 1 heterocycles. The van der Waals surface area contributed by atoms with Crippen LogP contribution in [0.5, 0.6) is 11.5 Å². The first-order valence-corrected chi connectivity index (χ1v) is 7.27. The van der Waals surface area contributed by atoms with Crippen LogP contribution in [0.3, 0.4) is 0 Å². The van der Waals surface area contributed by atoms with Crippen molar-refractivity contribution in [3.05, 3.63) is 42.0 Å². The molecular formula is C16H21N3O2. The minimum absolute atomic E-state index is 0.512. The summed E-state index contributed by atoms with van der Waals surface area (Å²) in [6, 6.07) is 6.63. The molecule has 1 N–H and O–H groups in total. The van der Waals surface area contributed by atoms with Gasteiger partial charge in [0.15, 0.2) is 11.5 Å². The Labute approximate surface area is 124 Å². The number of nitrogens with zero attached hydrogens (tertiary/aromatic N) is 2. The maximum absolute atomic E-state index is 5.92. The van der Waals surface area contributed by atoms with E-state index in [1.165, 1.54) is 18.4 Å². The van der Waals surface area contributed by atoms with E-state index < -0.39 is 0 Å². The topological polar surface area (TPSA) is 48.3 Å². The van der Waals surface area contributed by atoms with Crippen LogP contribution in [0, 0.1) is 0 Å². The Morgan fingerprint density at radius 3 is 2.90 bits per heavy atom. The first kappa shape index (κ1) is 13.9. The highest BCUT2D eigenvalue weighted by molar-refractivity contribution is 5.43. The summed E-state index contributed by atoms with van der Waals surface area (Å²) in [7, 11) is 3.59. The monoisotopic (exact) mass is 287 g/mol. The fourth-order valence-electron chi connectivity index (χ4n) is 2.42. The van der Waals surface area contributed by atoms with E-state index in [4.69, 9.17) is 9.47 Å². The first-order valence-electron chi connectivity index (χ1n) is 7.27. The van der Waals surface area contributed by atoms with Crippen molar-refractivity contribution < 1.29 is 9.47 Å². The number of aromatic nitrogens is 2. The van der Waals surface area contributed by atoms with Crippen LogP contribution in [0.25, 0.3) is 0 Å². The zero-order valence-corrected chi connectivity index (χ0v) is 12.5. The number of rotatable bonds is 7. The predicted octanol–water partition coefficient (Wildman–Crippen LogP) is 2.53. The van der Waals surface area contributed by atoms with Crippen LogP contribution in [0.1, 0.15) is 30.1 Å². The van der Waals surface area contributed by atoms with Gasteiger partial charge in [0.2, 0.25) is 0 Å². The standard InChI is InChI=1S/C16H21N3O2/c1-17-8-12-3-6-15(16(7-12)20-2)21-10-14-9-18-11-19(14)13-4-5-13/h3,6-7,9,11,13,17H,4-5,8,10H2,1-2H3. The summed E-state index contributed by atoms with van der Waals surface area (Å²) in [6.07, 6.45) is 6.25. The first-order chi connectivity index (χ1) is 10.3. The van der Waals surface area contributed by atoms with Crippen LogP contribution in [-0.4, -0.2) is 23.7 Å². The molecule has 1 aromatic heterocycles. The van der Waals surface area contributed by atoms with E-state index in [9.17, 15) is 0 Å². The molecule has 0 amide bonds. The summed E-state index contributed by atoms with van der Waals surface area (Å²) >= 11 is 0. The molecule has 2 aromatic rings. The number of hydrogen-bond acceptors (Lipinski definition) is 4. The third-order valence-corrected chi connectivity index (χ3v) is 3.67. The Kier molecular flexibility index (Phi) is 4.10. The Morgan fingerprint density at radius 1 is 1.33 bits per heavy atom. The largest absolute Gasteiger partial charge is 0.493 e. The third kappa shape index (κ3) is 3.19. The van der Waals surface area contributed by atoms with E-state index >= 15 is 0 Å². The van der Waals surface area contributed by atoms with Crippen molar-refractivity contribution in [3.63, 3.8) is 0 Å². The molecule has 21 heavy (non-hydrogen) atoms. The van der Waals surface area contributed by atoms with Crippen LogP contribution in [-0.2, 0) is 13.2 Å². The van der Waals surface area contributed by atoms with Gasteiger partial charge in [-0.25, -0.2) is 4.98 Å². The summed E-state index contributed by atoms with van der Waals surface area (Å²) in [4.78, 5) is 4.22. The van der Waals surface area contributed by atoms with Gasteiger partial charge in [0.25, 0.3) is 0 Å². The fourth-order valence-corrected chi connectivity index (χ4v) is 2.42. The molecule has 0 unspecified atom stereocenters. The molecule has 5 heteroatoms. The average Bonchev–Trinajstić information content (AvgIpc) is 3.25. The number of nitrogens with one attached hydrogen (secondary N) is 1. The van der Waals surface area contributed by atoms with Crippen molar-refractivity contribution >= 4 is 0 Å². The Bertz CT molecular complexity index is 605.